The summed E-state index contributed by atoms with van der Waals surface area (Å²) in [4.78, 5) is 12.6. The summed E-state index contributed by atoms with van der Waals surface area (Å²) in [7, 11) is -2.34. The zero-order valence-electron chi connectivity index (χ0n) is 16.5. The second-order valence-electron chi connectivity index (χ2n) is 6.44. The molecule has 10 heteroatoms. The van der Waals surface area contributed by atoms with Crippen molar-refractivity contribution < 1.29 is 31.8 Å². The summed E-state index contributed by atoms with van der Waals surface area (Å²) in [5.41, 5.74) is 0.105. The van der Waals surface area contributed by atoms with E-state index in [4.69, 9.17) is 14.2 Å². The lowest BCUT2D eigenvalue weighted by Gasteiger charge is -2.26. The number of nitrogens with one attached hydrogen (secondary N) is 1. The van der Waals surface area contributed by atoms with Crippen molar-refractivity contribution in [3.63, 3.8) is 0 Å². The summed E-state index contributed by atoms with van der Waals surface area (Å²) >= 11 is 0. The van der Waals surface area contributed by atoms with E-state index in [0.29, 0.717) is 19.0 Å². The number of methoxy groups -OCH3 is 1. The number of ether oxygens (including phenoxy) is 3. The summed E-state index contributed by atoms with van der Waals surface area (Å²) in [6, 6.07) is 9.70. The van der Waals surface area contributed by atoms with Crippen LogP contribution in [-0.4, -0.2) is 65.2 Å². The number of sulfonamides is 1. The summed E-state index contributed by atoms with van der Waals surface area (Å²) in [6.07, 6.45) is 0. The molecule has 0 aliphatic carbocycles. The molecule has 1 heterocycles. The predicted octanol–water partition coefficient (Wildman–Crippen LogP) is 1.66. The number of hydrogen-bond donors (Lipinski definition) is 1. The molecule has 0 spiro atoms. The SMILES string of the molecule is COc1ccc(S(=O)(=O)N2CCOCC2)cc1C(=O)NCCOc1ccc(F)cc1. The van der Waals surface area contributed by atoms with Crippen LogP contribution in [0.5, 0.6) is 11.5 Å². The highest BCUT2D eigenvalue weighted by atomic mass is 32.2. The first kappa shape index (κ1) is 22.0. The molecule has 1 aliphatic heterocycles. The summed E-state index contributed by atoms with van der Waals surface area (Å²) in [5, 5.41) is 2.67. The first-order valence-electron chi connectivity index (χ1n) is 9.34. The number of carbonyl (C=O) groups excluding carboxylic acids is 1. The summed E-state index contributed by atoms with van der Waals surface area (Å²) in [5.74, 6) is -0.127. The maximum atomic E-state index is 12.9. The van der Waals surface area contributed by atoms with Crippen molar-refractivity contribution in [1.29, 1.82) is 0 Å². The zero-order chi connectivity index (χ0) is 21.6. The van der Waals surface area contributed by atoms with Crippen LogP contribution < -0.4 is 14.8 Å². The van der Waals surface area contributed by atoms with E-state index < -0.39 is 15.9 Å². The van der Waals surface area contributed by atoms with Gasteiger partial charge in [-0.1, -0.05) is 0 Å². The normalized spacial score (nSPS) is 14.9. The van der Waals surface area contributed by atoms with Crippen molar-refractivity contribution in [1.82, 2.24) is 9.62 Å². The highest BCUT2D eigenvalue weighted by Crippen LogP contribution is 2.25. The minimum atomic E-state index is -3.75. The van der Waals surface area contributed by atoms with Gasteiger partial charge in [-0.3, -0.25) is 4.79 Å². The third-order valence-electron chi connectivity index (χ3n) is 4.49. The Labute approximate surface area is 174 Å². The number of amides is 1. The van der Waals surface area contributed by atoms with Gasteiger partial charge in [0.15, 0.2) is 0 Å². The Morgan fingerprint density at radius 2 is 1.87 bits per heavy atom. The molecular weight excluding hydrogens is 415 g/mol. The van der Waals surface area contributed by atoms with Crippen LogP contribution in [0.1, 0.15) is 10.4 Å². The number of carbonyl (C=O) groups is 1. The van der Waals surface area contributed by atoms with Gasteiger partial charge in [-0.2, -0.15) is 4.31 Å². The molecule has 0 saturated carbocycles. The van der Waals surface area contributed by atoms with Crippen LogP contribution in [0.3, 0.4) is 0 Å². The van der Waals surface area contributed by atoms with Crippen LogP contribution in [0, 0.1) is 5.82 Å². The maximum Gasteiger partial charge on any atom is 0.255 e. The van der Waals surface area contributed by atoms with Gasteiger partial charge in [0.1, 0.15) is 23.9 Å². The zero-order valence-corrected chi connectivity index (χ0v) is 17.3. The molecule has 3 rings (SSSR count). The second kappa shape index (κ2) is 9.88. The van der Waals surface area contributed by atoms with Gasteiger partial charge in [0, 0.05) is 13.1 Å². The van der Waals surface area contributed by atoms with Crippen molar-refractivity contribution in [2.75, 3.05) is 46.6 Å². The molecule has 1 amide bonds. The molecule has 1 fully saturated rings. The molecule has 0 aromatic heterocycles. The van der Waals surface area contributed by atoms with Crippen LogP contribution in [0.15, 0.2) is 47.4 Å². The maximum absolute atomic E-state index is 12.9. The Hall–Kier alpha value is -2.69. The molecule has 1 aliphatic rings. The molecule has 0 radical (unpaired) electrons. The summed E-state index contributed by atoms with van der Waals surface area (Å²) < 4.78 is 55.8. The molecule has 0 unspecified atom stereocenters. The van der Waals surface area contributed by atoms with Gasteiger partial charge in [0.2, 0.25) is 10.0 Å². The van der Waals surface area contributed by atoms with Gasteiger partial charge in [-0.05, 0) is 42.5 Å². The molecule has 0 bridgehead atoms. The van der Waals surface area contributed by atoms with E-state index in [1.165, 1.54) is 53.9 Å². The third-order valence-corrected chi connectivity index (χ3v) is 6.39. The van der Waals surface area contributed by atoms with Gasteiger partial charge in [-0.25, -0.2) is 12.8 Å². The number of rotatable bonds is 8. The second-order valence-corrected chi connectivity index (χ2v) is 8.37. The molecule has 1 saturated heterocycles. The molecular formula is C20H23FN2O6S. The van der Waals surface area contributed by atoms with Crippen LogP contribution in [0.2, 0.25) is 0 Å². The number of benzene rings is 2. The minimum Gasteiger partial charge on any atom is -0.496 e. The van der Waals surface area contributed by atoms with Crippen molar-refractivity contribution in [2.45, 2.75) is 4.90 Å². The van der Waals surface area contributed by atoms with E-state index >= 15 is 0 Å². The number of hydrogen-bond acceptors (Lipinski definition) is 6. The molecule has 2 aromatic rings. The van der Waals surface area contributed by atoms with Crippen LogP contribution >= 0.6 is 0 Å². The van der Waals surface area contributed by atoms with Crippen molar-refractivity contribution in [2.24, 2.45) is 0 Å². The first-order chi connectivity index (χ1) is 14.4. The van der Waals surface area contributed by atoms with Crippen LogP contribution in [-0.2, 0) is 14.8 Å². The van der Waals surface area contributed by atoms with E-state index in [-0.39, 0.29) is 48.3 Å². The Bertz CT molecular complexity index is 975. The molecule has 1 N–H and O–H groups in total. The lowest BCUT2D eigenvalue weighted by atomic mass is 10.2. The van der Waals surface area contributed by atoms with E-state index in [9.17, 15) is 17.6 Å². The van der Waals surface area contributed by atoms with Crippen LogP contribution in [0.25, 0.3) is 0 Å². The highest BCUT2D eigenvalue weighted by molar-refractivity contribution is 7.89. The average Bonchev–Trinajstić information content (AvgIpc) is 2.78. The fourth-order valence-electron chi connectivity index (χ4n) is 2.92. The molecule has 0 atom stereocenters. The predicted molar refractivity (Wildman–Crippen MR) is 107 cm³/mol. The van der Waals surface area contributed by atoms with Gasteiger partial charge < -0.3 is 19.5 Å². The lowest BCUT2D eigenvalue weighted by molar-refractivity contribution is 0.0730. The molecule has 30 heavy (non-hydrogen) atoms. The average molecular weight is 438 g/mol. The third kappa shape index (κ3) is 5.26. The Morgan fingerprint density at radius 1 is 1.17 bits per heavy atom. The number of halogens is 1. The van der Waals surface area contributed by atoms with Gasteiger partial charge in [0.25, 0.3) is 5.91 Å². The topological polar surface area (TPSA) is 94.2 Å². The van der Waals surface area contributed by atoms with Crippen molar-refractivity contribution in [3.8, 4) is 11.5 Å². The molecule has 8 nitrogen and oxygen atoms in total. The van der Waals surface area contributed by atoms with Crippen molar-refractivity contribution >= 4 is 15.9 Å². The molecule has 162 valence electrons. The van der Waals surface area contributed by atoms with Gasteiger partial charge in [0.05, 0.1) is 37.3 Å². The van der Waals surface area contributed by atoms with E-state index in [1.54, 1.807) is 0 Å². The number of nitrogens with zero attached hydrogens (tertiary/aromatic N) is 1. The summed E-state index contributed by atoms with van der Waals surface area (Å²) in [6.45, 7) is 1.51. The fraction of sp³-hybridized carbons (Fsp3) is 0.350. The van der Waals surface area contributed by atoms with E-state index in [0.717, 1.165) is 0 Å². The monoisotopic (exact) mass is 438 g/mol. The van der Waals surface area contributed by atoms with Crippen LogP contribution in [0.4, 0.5) is 4.39 Å². The fourth-order valence-corrected chi connectivity index (χ4v) is 4.36. The Balaban J connectivity index is 1.66. The van der Waals surface area contributed by atoms with E-state index in [1.807, 2.05) is 0 Å². The van der Waals surface area contributed by atoms with E-state index in [2.05, 4.69) is 5.32 Å². The lowest BCUT2D eigenvalue weighted by Crippen LogP contribution is -2.40. The Morgan fingerprint density at radius 3 is 2.53 bits per heavy atom. The largest absolute Gasteiger partial charge is 0.496 e. The first-order valence-corrected chi connectivity index (χ1v) is 10.8. The quantitative estimate of drug-likeness (QED) is 0.630. The smallest absolute Gasteiger partial charge is 0.255 e. The highest BCUT2D eigenvalue weighted by Gasteiger charge is 2.28. The Kier molecular flexibility index (Phi) is 7.24. The molecule has 2 aromatic carbocycles. The standard InChI is InChI=1S/C20H23FN2O6S/c1-27-19-7-6-17(30(25,26)23-9-12-28-13-10-23)14-18(19)20(24)22-8-11-29-16-4-2-15(21)3-5-16/h2-7,14H,8-13H2,1H3,(H,22,24). The minimum absolute atomic E-state index is 0.0120. The number of morpholine rings is 1. The van der Waals surface area contributed by atoms with Crippen molar-refractivity contribution in [3.05, 3.63) is 53.8 Å². The van der Waals surface area contributed by atoms with Gasteiger partial charge >= 0.3 is 0 Å². The van der Waals surface area contributed by atoms with Gasteiger partial charge in [-0.15, -0.1) is 0 Å².